The van der Waals surface area contributed by atoms with Crippen molar-refractivity contribution in [3.8, 4) is 0 Å². The highest BCUT2D eigenvalue weighted by atomic mass is 79.9. The third-order valence-corrected chi connectivity index (χ3v) is 3.64. The Morgan fingerprint density at radius 3 is 2.52 bits per heavy atom. The first kappa shape index (κ1) is 13.9. The Kier molecular flexibility index (Phi) is 3.81. The molecule has 2 aromatic heterocycles. The Hall–Kier alpha value is -2.05. The second-order valence-electron chi connectivity index (χ2n) is 4.14. The summed E-state index contributed by atoms with van der Waals surface area (Å²) in [4.78, 5) is 24.7. The first-order valence-electron chi connectivity index (χ1n) is 5.99. The highest BCUT2D eigenvalue weighted by molar-refractivity contribution is 9.10. The van der Waals surface area contributed by atoms with Crippen LogP contribution in [-0.4, -0.2) is 20.9 Å². The number of benzene rings is 1. The van der Waals surface area contributed by atoms with Crippen LogP contribution in [0.2, 0.25) is 5.15 Å². The van der Waals surface area contributed by atoms with Crippen LogP contribution in [0.4, 0.5) is 5.82 Å². The Morgan fingerprint density at radius 1 is 1.10 bits per heavy atom. The van der Waals surface area contributed by atoms with Crippen LogP contribution >= 0.6 is 27.5 Å². The molecule has 0 aliphatic carbocycles. The van der Waals surface area contributed by atoms with Crippen LogP contribution in [0.3, 0.4) is 0 Å². The highest BCUT2D eigenvalue weighted by Crippen LogP contribution is 2.22. The Labute approximate surface area is 133 Å². The van der Waals surface area contributed by atoms with E-state index >= 15 is 0 Å². The maximum Gasteiger partial charge on any atom is 0.276 e. The van der Waals surface area contributed by atoms with E-state index in [-0.39, 0.29) is 16.7 Å². The molecule has 0 radical (unpaired) electrons. The number of rotatable bonds is 2. The summed E-state index contributed by atoms with van der Waals surface area (Å²) in [7, 11) is 0. The standard InChI is InChI=1S/C14H8BrClN4O/c15-8-4-3-7-17-11(8)14(21)20-13-12(16)18-9-5-1-2-6-10(9)19-13/h1-7H,(H,19,20,21). The number of nitrogens with one attached hydrogen (secondary N) is 1. The molecule has 1 aromatic carbocycles. The number of carbonyl (C=O) groups is 1. The molecule has 1 amide bonds. The molecule has 3 aromatic rings. The van der Waals surface area contributed by atoms with E-state index in [2.05, 4.69) is 36.2 Å². The smallest absolute Gasteiger partial charge is 0.276 e. The molecular weight excluding hydrogens is 356 g/mol. The predicted molar refractivity (Wildman–Crippen MR) is 84.4 cm³/mol. The summed E-state index contributed by atoms with van der Waals surface area (Å²) >= 11 is 9.33. The van der Waals surface area contributed by atoms with E-state index in [1.54, 1.807) is 24.3 Å². The third-order valence-electron chi connectivity index (χ3n) is 2.73. The molecule has 2 heterocycles. The number of aromatic nitrogens is 3. The molecule has 104 valence electrons. The first-order chi connectivity index (χ1) is 10.1. The largest absolute Gasteiger partial charge is 0.303 e. The topological polar surface area (TPSA) is 67.8 Å². The minimum atomic E-state index is -0.408. The zero-order chi connectivity index (χ0) is 14.8. The van der Waals surface area contributed by atoms with E-state index in [1.807, 2.05) is 12.1 Å². The molecule has 0 spiro atoms. The zero-order valence-electron chi connectivity index (χ0n) is 10.5. The maximum absolute atomic E-state index is 12.2. The molecule has 0 saturated carbocycles. The predicted octanol–water partition coefficient (Wildman–Crippen LogP) is 3.69. The van der Waals surface area contributed by atoms with E-state index in [0.717, 1.165) is 0 Å². The normalized spacial score (nSPS) is 10.6. The lowest BCUT2D eigenvalue weighted by Gasteiger charge is -2.07. The third kappa shape index (κ3) is 2.86. The van der Waals surface area contributed by atoms with Crippen molar-refractivity contribution in [2.45, 2.75) is 0 Å². The van der Waals surface area contributed by atoms with Crippen molar-refractivity contribution < 1.29 is 4.79 Å². The number of pyridine rings is 1. The van der Waals surface area contributed by atoms with Gasteiger partial charge in [0.1, 0.15) is 5.69 Å². The molecule has 0 aliphatic rings. The second kappa shape index (κ2) is 5.75. The monoisotopic (exact) mass is 362 g/mol. The van der Waals surface area contributed by atoms with E-state index in [1.165, 1.54) is 6.20 Å². The number of para-hydroxylation sites is 2. The molecular formula is C14H8BrClN4O. The molecule has 21 heavy (non-hydrogen) atoms. The molecule has 7 heteroatoms. The van der Waals surface area contributed by atoms with Gasteiger partial charge in [-0.2, -0.15) is 0 Å². The summed E-state index contributed by atoms with van der Waals surface area (Å²) in [6.45, 7) is 0. The van der Waals surface area contributed by atoms with Gasteiger partial charge in [-0.1, -0.05) is 23.7 Å². The molecule has 0 saturated heterocycles. The first-order valence-corrected chi connectivity index (χ1v) is 7.16. The van der Waals surface area contributed by atoms with Crippen LogP contribution < -0.4 is 5.32 Å². The molecule has 3 rings (SSSR count). The summed E-state index contributed by atoms with van der Waals surface area (Å²) in [5, 5.41) is 2.76. The van der Waals surface area contributed by atoms with Gasteiger partial charge in [0.2, 0.25) is 0 Å². The van der Waals surface area contributed by atoms with Crippen LogP contribution in [0, 0.1) is 0 Å². The number of fused-ring (bicyclic) bond motifs is 1. The van der Waals surface area contributed by atoms with E-state index < -0.39 is 5.91 Å². The number of hydrogen-bond donors (Lipinski definition) is 1. The molecule has 1 N–H and O–H groups in total. The number of anilines is 1. The maximum atomic E-state index is 12.2. The van der Waals surface area contributed by atoms with E-state index in [4.69, 9.17) is 11.6 Å². The van der Waals surface area contributed by atoms with Crippen LogP contribution in [-0.2, 0) is 0 Å². The lowest BCUT2D eigenvalue weighted by molar-refractivity contribution is 0.102. The molecule has 0 fully saturated rings. The minimum Gasteiger partial charge on any atom is -0.303 e. The number of halogens is 2. The Balaban J connectivity index is 1.96. The average molecular weight is 364 g/mol. The molecule has 0 aliphatic heterocycles. The average Bonchev–Trinajstić information content (AvgIpc) is 2.48. The van der Waals surface area contributed by atoms with Gasteiger partial charge >= 0.3 is 0 Å². The highest BCUT2D eigenvalue weighted by Gasteiger charge is 2.15. The van der Waals surface area contributed by atoms with Crippen molar-refractivity contribution in [1.29, 1.82) is 0 Å². The van der Waals surface area contributed by atoms with Crippen molar-refractivity contribution in [2.75, 3.05) is 5.32 Å². The van der Waals surface area contributed by atoms with Crippen LogP contribution in [0.15, 0.2) is 47.1 Å². The van der Waals surface area contributed by atoms with E-state index in [0.29, 0.717) is 15.5 Å². The summed E-state index contributed by atoms with van der Waals surface area (Å²) in [5.41, 5.74) is 1.57. The van der Waals surface area contributed by atoms with Crippen molar-refractivity contribution >= 4 is 50.3 Å². The zero-order valence-corrected chi connectivity index (χ0v) is 12.9. The van der Waals surface area contributed by atoms with Gasteiger partial charge in [-0.05, 0) is 40.2 Å². The number of nitrogens with zero attached hydrogens (tertiary/aromatic N) is 3. The summed E-state index contributed by atoms with van der Waals surface area (Å²) in [6, 6.07) is 10.7. The van der Waals surface area contributed by atoms with Crippen molar-refractivity contribution in [2.24, 2.45) is 0 Å². The van der Waals surface area contributed by atoms with Gasteiger partial charge in [0.05, 0.1) is 11.0 Å². The molecule has 0 bridgehead atoms. The SMILES string of the molecule is O=C(Nc1nc2ccccc2nc1Cl)c1ncccc1Br. The lowest BCUT2D eigenvalue weighted by Crippen LogP contribution is -2.16. The van der Waals surface area contributed by atoms with Crippen LogP contribution in [0.5, 0.6) is 0 Å². The van der Waals surface area contributed by atoms with Gasteiger partial charge in [-0.15, -0.1) is 0 Å². The van der Waals surface area contributed by atoms with Crippen molar-refractivity contribution in [3.63, 3.8) is 0 Å². The van der Waals surface area contributed by atoms with Crippen molar-refractivity contribution in [1.82, 2.24) is 15.0 Å². The van der Waals surface area contributed by atoms with Gasteiger partial charge in [0, 0.05) is 10.7 Å². The second-order valence-corrected chi connectivity index (χ2v) is 5.35. The van der Waals surface area contributed by atoms with E-state index in [9.17, 15) is 4.79 Å². The fourth-order valence-corrected chi connectivity index (χ4v) is 2.39. The minimum absolute atomic E-state index is 0.133. The Morgan fingerprint density at radius 2 is 1.81 bits per heavy atom. The summed E-state index contributed by atoms with van der Waals surface area (Å²) in [6.07, 6.45) is 1.54. The fraction of sp³-hybridized carbons (Fsp3) is 0. The van der Waals surface area contributed by atoms with Crippen LogP contribution in [0.1, 0.15) is 10.5 Å². The number of carbonyl (C=O) groups excluding carboxylic acids is 1. The van der Waals surface area contributed by atoms with Gasteiger partial charge in [-0.3, -0.25) is 4.79 Å². The molecule has 0 atom stereocenters. The van der Waals surface area contributed by atoms with Gasteiger partial charge in [0.25, 0.3) is 5.91 Å². The van der Waals surface area contributed by atoms with Gasteiger partial charge in [-0.25, -0.2) is 15.0 Å². The molecule has 0 unspecified atom stereocenters. The fourth-order valence-electron chi connectivity index (χ4n) is 1.78. The summed E-state index contributed by atoms with van der Waals surface area (Å²) < 4.78 is 0.590. The number of hydrogen-bond acceptors (Lipinski definition) is 4. The molecule has 5 nitrogen and oxygen atoms in total. The van der Waals surface area contributed by atoms with Gasteiger partial charge < -0.3 is 5.32 Å². The number of amides is 1. The van der Waals surface area contributed by atoms with Crippen LogP contribution in [0.25, 0.3) is 11.0 Å². The Bertz CT molecular complexity index is 840. The van der Waals surface area contributed by atoms with Crippen molar-refractivity contribution in [3.05, 3.63) is 57.9 Å². The quantitative estimate of drug-likeness (QED) is 0.754. The summed E-state index contributed by atoms with van der Waals surface area (Å²) in [5.74, 6) is -0.202. The lowest BCUT2D eigenvalue weighted by atomic mass is 10.3. The van der Waals surface area contributed by atoms with Gasteiger partial charge in [0.15, 0.2) is 11.0 Å².